The fourth-order valence-electron chi connectivity index (χ4n) is 2.05. The van der Waals surface area contributed by atoms with Crippen LogP contribution in [-0.4, -0.2) is 34.3 Å². The van der Waals surface area contributed by atoms with E-state index in [1.807, 2.05) is 25.2 Å². The number of nitrogens with one attached hydrogen (secondary N) is 2. The number of aromatic nitrogens is 4. The Morgan fingerprint density at radius 3 is 2.95 bits per heavy atom. The quantitative estimate of drug-likeness (QED) is 0.706. The van der Waals surface area contributed by atoms with E-state index in [0.29, 0.717) is 0 Å². The molecule has 0 saturated carbocycles. The van der Waals surface area contributed by atoms with Crippen LogP contribution in [0.25, 0.3) is 10.9 Å². The second kappa shape index (κ2) is 6.01. The zero-order chi connectivity index (χ0) is 14.7. The van der Waals surface area contributed by atoms with Gasteiger partial charge in [0.1, 0.15) is 17.9 Å². The topological polar surface area (TPSA) is 75.7 Å². The molecule has 6 nitrogen and oxygen atoms in total. The lowest BCUT2D eigenvalue weighted by Gasteiger charge is -2.10. The van der Waals surface area contributed by atoms with Gasteiger partial charge in [-0.15, -0.1) is 0 Å². The van der Waals surface area contributed by atoms with E-state index in [1.54, 1.807) is 18.9 Å². The Labute approximate surface area is 126 Å². The average Bonchev–Trinajstić information content (AvgIpc) is 3.04. The third-order valence-electron chi connectivity index (χ3n) is 3.10. The highest BCUT2D eigenvalue weighted by atomic mass is 32.2. The molecule has 0 spiro atoms. The summed E-state index contributed by atoms with van der Waals surface area (Å²) in [7, 11) is 3.53. The second-order valence-electron chi connectivity index (χ2n) is 4.38. The second-order valence-corrected chi connectivity index (χ2v) is 5.35. The van der Waals surface area contributed by atoms with Crippen molar-refractivity contribution in [2.24, 2.45) is 0 Å². The minimum atomic E-state index is 0.764. The molecule has 0 atom stereocenters. The van der Waals surface area contributed by atoms with Gasteiger partial charge in [-0.25, -0.2) is 9.97 Å². The van der Waals surface area contributed by atoms with E-state index in [9.17, 15) is 0 Å². The van der Waals surface area contributed by atoms with Crippen LogP contribution in [0.3, 0.4) is 0 Å². The van der Waals surface area contributed by atoms with E-state index in [4.69, 9.17) is 4.74 Å². The van der Waals surface area contributed by atoms with Gasteiger partial charge in [-0.05, 0) is 18.2 Å². The minimum absolute atomic E-state index is 0.764. The maximum Gasteiger partial charge on any atom is 0.183 e. The van der Waals surface area contributed by atoms with Crippen LogP contribution < -0.4 is 10.1 Å². The number of benzene rings is 1. The molecule has 0 fully saturated rings. The first-order valence-corrected chi connectivity index (χ1v) is 7.42. The molecule has 7 heteroatoms. The summed E-state index contributed by atoms with van der Waals surface area (Å²) in [6.45, 7) is 0. The number of nitrogens with zero attached hydrogens (tertiary/aromatic N) is 3. The Hall–Kier alpha value is -2.28. The lowest BCUT2D eigenvalue weighted by molar-refractivity contribution is 0.415. The first kappa shape index (κ1) is 13.7. The number of thioether (sulfide) groups is 1. The summed E-state index contributed by atoms with van der Waals surface area (Å²) in [4.78, 5) is 8.76. The lowest BCUT2D eigenvalue weighted by Crippen LogP contribution is -1.99. The summed E-state index contributed by atoms with van der Waals surface area (Å²) in [5.74, 6) is 2.43. The van der Waals surface area contributed by atoms with Gasteiger partial charge in [-0.1, -0.05) is 11.8 Å². The number of H-pyrrole nitrogens is 1. The normalized spacial score (nSPS) is 10.8. The average molecular weight is 301 g/mol. The van der Waals surface area contributed by atoms with E-state index >= 15 is 0 Å². The summed E-state index contributed by atoms with van der Waals surface area (Å²) in [6.07, 6.45) is 1.51. The molecule has 0 aliphatic rings. The number of rotatable bonds is 5. The number of anilines is 1. The fourth-order valence-corrected chi connectivity index (χ4v) is 2.81. The van der Waals surface area contributed by atoms with Crippen LogP contribution in [0.4, 0.5) is 5.82 Å². The first-order valence-electron chi connectivity index (χ1n) is 6.43. The third kappa shape index (κ3) is 2.92. The van der Waals surface area contributed by atoms with Crippen LogP contribution in [0.5, 0.6) is 5.75 Å². The van der Waals surface area contributed by atoms with Gasteiger partial charge in [-0.3, -0.25) is 5.10 Å². The van der Waals surface area contributed by atoms with Crippen LogP contribution >= 0.6 is 11.8 Å². The van der Waals surface area contributed by atoms with Gasteiger partial charge in [0, 0.05) is 29.8 Å². The predicted molar refractivity (Wildman–Crippen MR) is 83.8 cm³/mol. The summed E-state index contributed by atoms with van der Waals surface area (Å²) >= 11 is 1.59. The molecule has 0 amide bonds. The number of hydrogen-bond acceptors (Lipinski definition) is 6. The van der Waals surface area contributed by atoms with Gasteiger partial charge in [0.05, 0.1) is 12.6 Å². The van der Waals surface area contributed by atoms with Crippen LogP contribution in [0.15, 0.2) is 35.7 Å². The van der Waals surface area contributed by atoms with Crippen molar-refractivity contribution < 1.29 is 4.74 Å². The van der Waals surface area contributed by atoms with Crippen molar-refractivity contribution in [3.8, 4) is 5.75 Å². The number of fused-ring (bicyclic) bond motifs is 1. The monoisotopic (exact) mass is 301 g/mol. The van der Waals surface area contributed by atoms with E-state index in [1.165, 1.54) is 6.33 Å². The van der Waals surface area contributed by atoms with E-state index in [0.717, 1.165) is 38.9 Å². The Morgan fingerprint density at radius 1 is 1.33 bits per heavy atom. The van der Waals surface area contributed by atoms with Crippen molar-refractivity contribution in [2.45, 2.75) is 10.9 Å². The fraction of sp³-hybridized carbons (Fsp3) is 0.214. The van der Waals surface area contributed by atoms with Crippen LogP contribution in [-0.2, 0) is 5.75 Å². The maximum absolute atomic E-state index is 5.24. The van der Waals surface area contributed by atoms with Gasteiger partial charge in [0.15, 0.2) is 5.16 Å². The Bertz CT molecular complexity index is 744. The van der Waals surface area contributed by atoms with Crippen LogP contribution in [0.1, 0.15) is 5.56 Å². The molecule has 1 aromatic carbocycles. The van der Waals surface area contributed by atoms with Crippen molar-refractivity contribution in [3.05, 3.63) is 36.2 Å². The van der Waals surface area contributed by atoms with Gasteiger partial charge in [-0.2, -0.15) is 5.10 Å². The molecular weight excluding hydrogens is 286 g/mol. The molecule has 3 aromatic rings. The Kier molecular flexibility index (Phi) is 3.92. The molecule has 108 valence electrons. The molecule has 0 unspecified atom stereocenters. The largest absolute Gasteiger partial charge is 0.497 e. The van der Waals surface area contributed by atoms with Gasteiger partial charge in [0.2, 0.25) is 0 Å². The van der Waals surface area contributed by atoms with Gasteiger partial charge in [0.25, 0.3) is 0 Å². The Morgan fingerprint density at radius 2 is 2.24 bits per heavy atom. The van der Waals surface area contributed by atoms with Crippen LogP contribution in [0, 0.1) is 0 Å². The van der Waals surface area contributed by atoms with Gasteiger partial charge < -0.3 is 10.1 Å². The molecule has 3 rings (SSSR count). The SMILES string of the molecule is CNc1nc2cc(OC)ccc2cc1CSc1ncn[nH]1. The molecule has 2 aromatic heterocycles. The summed E-state index contributed by atoms with van der Waals surface area (Å²) < 4.78 is 5.24. The molecule has 0 bridgehead atoms. The number of methoxy groups -OCH3 is 1. The standard InChI is InChI=1S/C14H15N5OS/c1-15-13-10(7-21-14-16-8-17-19-14)5-9-3-4-11(20-2)6-12(9)18-13/h3-6,8H,7H2,1-2H3,(H,15,18)(H,16,17,19). The van der Waals surface area contributed by atoms with Crippen molar-refractivity contribution in [3.63, 3.8) is 0 Å². The van der Waals surface area contributed by atoms with E-state index in [2.05, 4.69) is 31.5 Å². The van der Waals surface area contributed by atoms with Crippen molar-refractivity contribution in [2.75, 3.05) is 19.5 Å². The molecule has 0 aliphatic carbocycles. The predicted octanol–water partition coefficient (Wildman–Crippen LogP) is 2.70. The van der Waals surface area contributed by atoms with Crippen molar-refractivity contribution in [1.82, 2.24) is 20.2 Å². The summed E-state index contributed by atoms with van der Waals surface area (Å²) in [5, 5.41) is 11.7. The first-order chi connectivity index (χ1) is 10.3. The minimum Gasteiger partial charge on any atom is -0.497 e. The van der Waals surface area contributed by atoms with Gasteiger partial charge >= 0.3 is 0 Å². The Balaban J connectivity index is 1.93. The number of pyridine rings is 1. The molecule has 2 N–H and O–H groups in total. The zero-order valence-corrected chi connectivity index (χ0v) is 12.6. The zero-order valence-electron chi connectivity index (χ0n) is 11.8. The van der Waals surface area contributed by atoms with Crippen molar-refractivity contribution in [1.29, 1.82) is 0 Å². The summed E-state index contributed by atoms with van der Waals surface area (Å²) in [5.41, 5.74) is 2.03. The molecule has 21 heavy (non-hydrogen) atoms. The van der Waals surface area contributed by atoms with Crippen molar-refractivity contribution >= 4 is 28.5 Å². The highest BCUT2D eigenvalue weighted by molar-refractivity contribution is 7.98. The summed E-state index contributed by atoms with van der Waals surface area (Å²) in [6, 6.07) is 8.03. The molecular formula is C14H15N5OS. The molecule has 0 radical (unpaired) electrons. The van der Waals surface area contributed by atoms with Crippen LogP contribution in [0.2, 0.25) is 0 Å². The lowest BCUT2D eigenvalue weighted by atomic mass is 10.1. The third-order valence-corrected chi connectivity index (χ3v) is 4.02. The van der Waals surface area contributed by atoms with E-state index < -0.39 is 0 Å². The smallest absolute Gasteiger partial charge is 0.183 e. The maximum atomic E-state index is 5.24. The molecule has 0 saturated heterocycles. The number of ether oxygens (including phenoxy) is 1. The van der Waals surface area contributed by atoms with E-state index in [-0.39, 0.29) is 0 Å². The highest BCUT2D eigenvalue weighted by Crippen LogP contribution is 2.28. The highest BCUT2D eigenvalue weighted by Gasteiger charge is 2.08. The number of aromatic amines is 1. The number of hydrogen-bond donors (Lipinski definition) is 2. The molecule has 0 aliphatic heterocycles. The molecule has 2 heterocycles.